The highest BCUT2D eigenvalue weighted by atomic mass is 79.9. The van der Waals surface area contributed by atoms with Crippen molar-refractivity contribution >= 4 is 51.1 Å². The standard InChI is InChI=1S/C15H9BrClN3O2/c16-9-1-3-12-11(6-9)14(15(22)19-12)20-18-7-8-5-10(17)2-4-13(8)21/h1-7,21H,(H,19,20,22)/b18-7+. The summed E-state index contributed by atoms with van der Waals surface area (Å²) in [5, 5.41) is 20.7. The molecule has 0 atom stereocenters. The molecule has 3 rings (SSSR count). The lowest BCUT2D eigenvalue weighted by molar-refractivity contribution is -0.110. The van der Waals surface area contributed by atoms with Crippen LogP contribution >= 0.6 is 27.5 Å². The highest BCUT2D eigenvalue weighted by Gasteiger charge is 2.26. The Morgan fingerprint density at radius 2 is 2.05 bits per heavy atom. The van der Waals surface area contributed by atoms with Gasteiger partial charge in [-0.15, -0.1) is 5.10 Å². The van der Waals surface area contributed by atoms with Crippen molar-refractivity contribution in [3.8, 4) is 5.75 Å². The number of amides is 1. The molecule has 0 spiro atoms. The summed E-state index contributed by atoms with van der Waals surface area (Å²) >= 11 is 9.21. The van der Waals surface area contributed by atoms with Crippen molar-refractivity contribution < 1.29 is 9.90 Å². The van der Waals surface area contributed by atoms with Gasteiger partial charge in [-0.2, -0.15) is 5.10 Å². The molecule has 0 bridgehead atoms. The molecule has 0 radical (unpaired) electrons. The predicted octanol–water partition coefficient (Wildman–Crippen LogP) is 3.58. The SMILES string of the molecule is O=C1Nc2ccc(Br)cc2/C1=N/N=C/c1cc(Cl)ccc1O. The number of fused-ring (bicyclic) bond motifs is 1. The summed E-state index contributed by atoms with van der Waals surface area (Å²) in [5.74, 6) is -0.284. The van der Waals surface area contributed by atoms with E-state index in [2.05, 4.69) is 31.4 Å². The van der Waals surface area contributed by atoms with Gasteiger partial charge in [-0.05, 0) is 36.4 Å². The summed E-state index contributed by atoms with van der Waals surface area (Å²) in [4.78, 5) is 11.9. The molecule has 22 heavy (non-hydrogen) atoms. The average Bonchev–Trinajstić information content (AvgIpc) is 2.78. The van der Waals surface area contributed by atoms with Gasteiger partial charge in [0.15, 0.2) is 5.71 Å². The number of carbonyl (C=O) groups is 1. The number of carbonyl (C=O) groups excluding carboxylic acids is 1. The zero-order valence-corrected chi connectivity index (χ0v) is 13.4. The number of hydrogen-bond donors (Lipinski definition) is 2. The Labute approximate surface area is 139 Å². The number of phenols is 1. The zero-order chi connectivity index (χ0) is 15.7. The van der Waals surface area contributed by atoms with Crippen LogP contribution in [0.1, 0.15) is 11.1 Å². The van der Waals surface area contributed by atoms with Gasteiger partial charge in [0.2, 0.25) is 0 Å². The van der Waals surface area contributed by atoms with Crippen LogP contribution in [-0.2, 0) is 4.79 Å². The number of nitrogens with one attached hydrogen (secondary N) is 1. The Morgan fingerprint density at radius 3 is 2.86 bits per heavy atom. The number of rotatable bonds is 2. The van der Waals surface area contributed by atoms with E-state index in [-0.39, 0.29) is 17.4 Å². The quantitative estimate of drug-likeness (QED) is 0.619. The van der Waals surface area contributed by atoms with Gasteiger partial charge in [-0.1, -0.05) is 27.5 Å². The number of benzene rings is 2. The second-order valence-corrected chi connectivity index (χ2v) is 5.89. The van der Waals surface area contributed by atoms with Gasteiger partial charge in [-0.25, -0.2) is 0 Å². The van der Waals surface area contributed by atoms with Crippen LogP contribution in [-0.4, -0.2) is 22.9 Å². The highest BCUT2D eigenvalue weighted by molar-refractivity contribution is 9.10. The fourth-order valence-corrected chi connectivity index (χ4v) is 2.54. The van der Waals surface area contributed by atoms with Crippen LogP contribution in [0.2, 0.25) is 5.02 Å². The smallest absolute Gasteiger partial charge is 0.276 e. The van der Waals surface area contributed by atoms with Crippen molar-refractivity contribution in [3.05, 3.63) is 57.0 Å². The number of phenolic OH excluding ortho intramolecular Hbond substituents is 1. The number of hydrogen-bond acceptors (Lipinski definition) is 4. The molecule has 0 saturated carbocycles. The number of aromatic hydroxyl groups is 1. The monoisotopic (exact) mass is 377 g/mol. The van der Waals surface area contributed by atoms with Crippen LogP contribution in [0, 0.1) is 0 Å². The summed E-state index contributed by atoms with van der Waals surface area (Å²) in [7, 11) is 0. The molecule has 2 aromatic carbocycles. The van der Waals surface area contributed by atoms with E-state index < -0.39 is 0 Å². The molecular weight excluding hydrogens is 370 g/mol. The van der Waals surface area contributed by atoms with E-state index in [0.717, 1.165) is 4.47 Å². The maximum Gasteiger partial charge on any atom is 0.276 e. The summed E-state index contributed by atoms with van der Waals surface area (Å²) in [5.41, 5.74) is 2.00. The fraction of sp³-hybridized carbons (Fsp3) is 0. The summed E-state index contributed by atoms with van der Waals surface area (Å²) in [6.45, 7) is 0. The molecule has 1 amide bonds. The van der Waals surface area contributed by atoms with Crippen LogP contribution in [0.25, 0.3) is 0 Å². The molecule has 1 aliphatic rings. The molecule has 7 heteroatoms. The number of anilines is 1. The van der Waals surface area contributed by atoms with Gasteiger partial charge in [0.1, 0.15) is 5.75 Å². The summed E-state index contributed by atoms with van der Waals surface area (Å²) < 4.78 is 0.840. The third-order valence-electron chi connectivity index (χ3n) is 3.04. The number of nitrogens with zero attached hydrogens (tertiary/aromatic N) is 2. The fourth-order valence-electron chi connectivity index (χ4n) is 2.00. The van der Waals surface area contributed by atoms with Crippen molar-refractivity contribution in [3.63, 3.8) is 0 Å². The maximum absolute atomic E-state index is 11.9. The van der Waals surface area contributed by atoms with Crippen LogP contribution in [0.15, 0.2) is 51.1 Å². The lowest BCUT2D eigenvalue weighted by Gasteiger charge is -1.98. The Morgan fingerprint density at radius 1 is 1.23 bits per heavy atom. The molecule has 2 N–H and O–H groups in total. The summed E-state index contributed by atoms with van der Waals surface area (Å²) in [6, 6.07) is 9.99. The van der Waals surface area contributed by atoms with Crippen LogP contribution < -0.4 is 5.32 Å². The molecule has 1 heterocycles. The first kappa shape index (κ1) is 14.7. The Bertz CT molecular complexity index is 834. The highest BCUT2D eigenvalue weighted by Crippen LogP contribution is 2.27. The largest absolute Gasteiger partial charge is 0.507 e. The van der Waals surface area contributed by atoms with E-state index >= 15 is 0 Å². The third kappa shape index (κ3) is 2.88. The lowest BCUT2D eigenvalue weighted by atomic mass is 10.1. The van der Waals surface area contributed by atoms with Gasteiger partial charge in [0.25, 0.3) is 5.91 Å². The van der Waals surface area contributed by atoms with Gasteiger partial charge in [0, 0.05) is 20.6 Å². The third-order valence-corrected chi connectivity index (χ3v) is 3.77. The van der Waals surface area contributed by atoms with Crippen LogP contribution in [0.5, 0.6) is 5.75 Å². The first-order chi connectivity index (χ1) is 10.5. The van der Waals surface area contributed by atoms with Crippen molar-refractivity contribution in [1.29, 1.82) is 0 Å². The molecule has 0 aliphatic carbocycles. The molecule has 1 aliphatic heterocycles. The van der Waals surface area contributed by atoms with Gasteiger partial charge in [-0.3, -0.25) is 4.79 Å². The lowest BCUT2D eigenvalue weighted by Crippen LogP contribution is -2.13. The first-order valence-electron chi connectivity index (χ1n) is 6.25. The summed E-state index contributed by atoms with van der Waals surface area (Å²) in [6.07, 6.45) is 1.34. The van der Waals surface area contributed by atoms with E-state index in [1.54, 1.807) is 24.3 Å². The molecule has 2 aromatic rings. The second kappa shape index (κ2) is 5.90. The van der Waals surface area contributed by atoms with Crippen molar-refractivity contribution in [2.75, 3.05) is 5.32 Å². The number of halogens is 2. The molecule has 0 unspecified atom stereocenters. The normalized spacial score (nSPS) is 15.4. The molecule has 5 nitrogen and oxygen atoms in total. The molecule has 110 valence electrons. The van der Waals surface area contributed by atoms with Crippen LogP contribution in [0.4, 0.5) is 5.69 Å². The predicted molar refractivity (Wildman–Crippen MR) is 90.0 cm³/mol. The maximum atomic E-state index is 11.9. The molecular formula is C15H9BrClN3O2. The van der Waals surface area contributed by atoms with Gasteiger partial charge >= 0.3 is 0 Å². The van der Waals surface area contributed by atoms with E-state index in [0.29, 0.717) is 21.8 Å². The first-order valence-corrected chi connectivity index (χ1v) is 7.42. The van der Waals surface area contributed by atoms with E-state index in [1.165, 1.54) is 12.3 Å². The van der Waals surface area contributed by atoms with Crippen molar-refractivity contribution in [1.82, 2.24) is 0 Å². The topological polar surface area (TPSA) is 74.0 Å². The van der Waals surface area contributed by atoms with E-state index in [9.17, 15) is 9.90 Å². The second-order valence-electron chi connectivity index (χ2n) is 4.54. The van der Waals surface area contributed by atoms with Gasteiger partial charge in [0.05, 0.1) is 11.9 Å². The minimum Gasteiger partial charge on any atom is -0.507 e. The Balaban J connectivity index is 1.93. The van der Waals surface area contributed by atoms with Crippen molar-refractivity contribution in [2.45, 2.75) is 0 Å². The van der Waals surface area contributed by atoms with Crippen molar-refractivity contribution in [2.24, 2.45) is 10.2 Å². The molecule has 0 fully saturated rings. The Hall–Kier alpha value is -2.18. The zero-order valence-electron chi connectivity index (χ0n) is 11.0. The minimum atomic E-state index is -0.319. The molecule has 0 aromatic heterocycles. The van der Waals surface area contributed by atoms with E-state index in [4.69, 9.17) is 11.6 Å². The van der Waals surface area contributed by atoms with Gasteiger partial charge < -0.3 is 10.4 Å². The average molecular weight is 379 g/mol. The minimum absolute atomic E-state index is 0.0346. The van der Waals surface area contributed by atoms with Crippen LogP contribution in [0.3, 0.4) is 0 Å². The Kier molecular flexibility index (Phi) is 3.96. The molecule has 0 saturated heterocycles. The van der Waals surface area contributed by atoms with E-state index in [1.807, 2.05) is 6.07 Å².